The van der Waals surface area contributed by atoms with E-state index in [9.17, 15) is 45.6 Å². The van der Waals surface area contributed by atoms with Crippen molar-refractivity contribution in [1.29, 1.82) is 0 Å². The molecular weight excluding hydrogens is 1070 g/mol. The third-order valence-electron chi connectivity index (χ3n) is 15.4. The van der Waals surface area contributed by atoms with Crippen molar-refractivity contribution >= 4 is 5.91 Å². The highest BCUT2D eigenvalue weighted by Gasteiger charge is 2.51. The van der Waals surface area contributed by atoms with Crippen LogP contribution in [-0.4, -0.2) is 140 Å². The van der Waals surface area contributed by atoms with Crippen LogP contribution in [0.15, 0.2) is 122 Å². The van der Waals surface area contributed by atoms with Gasteiger partial charge in [0.05, 0.1) is 32.0 Å². The number of allylic oxidation sites excluding steroid dienone is 19. The summed E-state index contributed by atoms with van der Waals surface area (Å²) < 4.78 is 22.8. The summed E-state index contributed by atoms with van der Waals surface area (Å²) in [7, 11) is 0. The Morgan fingerprint density at radius 3 is 1.29 bits per heavy atom. The van der Waals surface area contributed by atoms with Crippen LogP contribution < -0.4 is 5.32 Å². The normalized spacial score (nSPS) is 24.4. The largest absolute Gasteiger partial charge is 0.394 e. The van der Waals surface area contributed by atoms with Crippen LogP contribution in [0.1, 0.15) is 226 Å². The first-order valence-corrected chi connectivity index (χ1v) is 33.3. The zero-order valence-corrected chi connectivity index (χ0v) is 52.6. The first-order valence-electron chi connectivity index (χ1n) is 33.3. The average molecular weight is 1190 g/mol. The molecule has 2 saturated heterocycles. The predicted octanol–water partition coefficient (Wildman–Crippen LogP) is 12.9. The molecule has 9 N–H and O–H groups in total. The van der Waals surface area contributed by atoms with E-state index in [0.717, 1.165) is 96.3 Å². The second-order valence-electron chi connectivity index (χ2n) is 22.8. The van der Waals surface area contributed by atoms with Crippen LogP contribution in [0, 0.1) is 0 Å². The van der Waals surface area contributed by atoms with Gasteiger partial charge in [0.25, 0.3) is 0 Å². The fourth-order valence-electron chi connectivity index (χ4n) is 10.1. The number of amides is 1. The Balaban J connectivity index is 1.67. The molecule has 12 atom stereocenters. The molecule has 85 heavy (non-hydrogen) atoms. The molecule has 2 fully saturated rings. The molecule has 0 bridgehead atoms. The molecule has 14 nitrogen and oxygen atoms in total. The van der Waals surface area contributed by atoms with E-state index < -0.39 is 86.8 Å². The van der Waals surface area contributed by atoms with Crippen LogP contribution in [-0.2, 0) is 23.7 Å². The van der Waals surface area contributed by atoms with Crippen LogP contribution in [0.5, 0.6) is 0 Å². The van der Waals surface area contributed by atoms with Gasteiger partial charge in [-0.05, 0) is 103 Å². The standard InChI is InChI=1S/C71H119NO13/c1-3-5-7-9-11-13-15-17-19-21-22-23-24-25-26-27-28-29-30-31-32-33-34-35-36-37-38-39-41-43-45-47-49-51-53-55-63(76)72-59(60(75)54-52-50-48-46-44-42-40-20-18-16-14-12-10-8-6-4-2)58-82-70-68(81)66(79)69(62(57-74)84-70)85-71-67(80)65(78)64(77)61(56-73)83-71/h5,7,11,13,17-20,22-23,25-26,28-29,31-32,44,46,52,54,59-62,64-71,73-75,77-81H,3-4,6,8-10,12,14-16,21,24,27,30,33-43,45,47-51,53,55-58H2,1-2H3,(H,72,76)/b7-5-,13-11-,19-17-,20-18+,23-22-,26-25-,29-28-,32-31-,46-44+,54-52+. The van der Waals surface area contributed by atoms with Crippen LogP contribution in [0.3, 0.4) is 0 Å². The molecule has 12 unspecified atom stereocenters. The molecule has 0 radical (unpaired) electrons. The molecule has 0 aromatic carbocycles. The quantitative estimate of drug-likeness (QED) is 0.0204. The van der Waals surface area contributed by atoms with Gasteiger partial charge in [-0.25, -0.2) is 0 Å². The molecule has 2 aliphatic rings. The summed E-state index contributed by atoms with van der Waals surface area (Å²) in [6.07, 6.45) is 62.5. The molecule has 0 spiro atoms. The van der Waals surface area contributed by atoms with E-state index in [1.807, 2.05) is 6.08 Å². The van der Waals surface area contributed by atoms with Gasteiger partial charge in [0.2, 0.25) is 5.91 Å². The number of hydrogen-bond acceptors (Lipinski definition) is 13. The van der Waals surface area contributed by atoms with E-state index >= 15 is 0 Å². The topological polar surface area (TPSA) is 228 Å². The lowest BCUT2D eigenvalue weighted by atomic mass is 9.97. The van der Waals surface area contributed by atoms with Crippen LogP contribution >= 0.6 is 0 Å². The molecule has 1 amide bonds. The van der Waals surface area contributed by atoms with Crippen LogP contribution in [0.25, 0.3) is 0 Å². The van der Waals surface area contributed by atoms with E-state index in [2.05, 4.69) is 129 Å². The van der Waals surface area contributed by atoms with Crippen molar-refractivity contribution in [3.63, 3.8) is 0 Å². The van der Waals surface area contributed by atoms with Gasteiger partial charge in [0.1, 0.15) is 48.8 Å². The Labute approximate surface area is 514 Å². The third kappa shape index (κ3) is 39.1. The average Bonchev–Trinajstić information content (AvgIpc) is 3.70. The van der Waals surface area contributed by atoms with Crippen LogP contribution in [0.2, 0.25) is 0 Å². The molecule has 0 aromatic heterocycles. The number of carbonyl (C=O) groups is 1. The Bertz CT molecular complexity index is 1890. The molecule has 486 valence electrons. The van der Waals surface area contributed by atoms with Gasteiger partial charge in [0.15, 0.2) is 12.6 Å². The summed E-state index contributed by atoms with van der Waals surface area (Å²) in [6, 6.07) is -0.946. The van der Waals surface area contributed by atoms with Crippen molar-refractivity contribution in [3.8, 4) is 0 Å². The lowest BCUT2D eigenvalue weighted by molar-refractivity contribution is -0.359. The first-order chi connectivity index (χ1) is 41.6. The second-order valence-corrected chi connectivity index (χ2v) is 22.8. The maximum atomic E-state index is 13.3. The summed E-state index contributed by atoms with van der Waals surface area (Å²) in [5, 5.41) is 87.2. The molecule has 2 aliphatic heterocycles. The number of aliphatic hydroxyl groups excluding tert-OH is 8. The number of nitrogens with one attached hydrogen (secondary N) is 1. The fraction of sp³-hybridized carbons (Fsp3) is 0.704. The van der Waals surface area contributed by atoms with Gasteiger partial charge in [-0.3, -0.25) is 4.79 Å². The van der Waals surface area contributed by atoms with Gasteiger partial charge < -0.3 is 65.1 Å². The van der Waals surface area contributed by atoms with Crippen molar-refractivity contribution < 1.29 is 64.6 Å². The summed E-state index contributed by atoms with van der Waals surface area (Å²) in [6.45, 7) is 2.64. The molecular formula is C71H119NO13. The Morgan fingerprint density at radius 2 is 0.824 bits per heavy atom. The van der Waals surface area contributed by atoms with Crippen molar-refractivity contribution in [3.05, 3.63) is 122 Å². The summed E-state index contributed by atoms with van der Waals surface area (Å²) in [5.74, 6) is -0.260. The van der Waals surface area contributed by atoms with E-state index in [1.54, 1.807) is 6.08 Å². The number of hydrogen-bond donors (Lipinski definition) is 9. The van der Waals surface area contributed by atoms with E-state index in [0.29, 0.717) is 12.8 Å². The van der Waals surface area contributed by atoms with Crippen molar-refractivity contribution in [2.24, 2.45) is 0 Å². The number of carbonyl (C=O) groups excluding carboxylic acids is 1. The maximum absolute atomic E-state index is 13.3. The lowest BCUT2D eigenvalue weighted by Gasteiger charge is -2.46. The van der Waals surface area contributed by atoms with E-state index in [1.165, 1.54) is 96.3 Å². The van der Waals surface area contributed by atoms with Crippen molar-refractivity contribution in [1.82, 2.24) is 5.32 Å². The summed E-state index contributed by atoms with van der Waals surface area (Å²) >= 11 is 0. The highest BCUT2D eigenvalue weighted by Crippen LogP contribution is 2.30. The molecule has 2 rings (SSSR count). The van der Waals surface area contributed by atoms with Gasteiger partial charge in [-0.1, -0.05) is 238 Å². The SMILES string of the molecule is CC/C=C\C/C=C\C/C=C\C/C=C\C/C=C\C/C=C\C/C=C\CCCCCCCCCCCCCCCC(=O)NC(COC1OC(CO)C(OC2OC(CO)C(O)C(O)C2O)C(O)C1O)C(O)/C=C/CC/C=C/CC/C=C/CCCCCCCC. The molecule has 2 heterocycles. The van der Waals surface area contributed by atoms with Gasteiger partial charge in [0, 0.05) is 6.42 Å². The highest BCUT2D eigenvalue weighted by atomic mass is 16.7. The molecule has 0 saturated carbocycles. The van der Waals surface area contributed by atoms with Crippen molar-refractivity contribution in [2.45, 2.75) is 299 Å². The minimum Gasteiger partial charge on any atom is -0.394 e. The Kier molecular flexibility index (Phi) is 49.7. The van der Waals surface area contributed by atoms with Gasteiger partial charge in [-0.2, -0.15) is 0 Å². The van der Waals surface area contributed by atoms with Gasteiger partial charge >= 0.3 is 0 Å². The van der Waals surface area contributed by atoms with E-state index in [-0.39, 0.29) is 18.9 Å². The lowest BCUT2D eigenvalue weighted by Crippen LogP contribution is -2.65. The zero-order valence-electron chi connectivity index (χ0n) is 52.6. The Hall–Kier alpha value is -3.61. The maximum Gasteiger partial charge on any atom is 0.220 e. The molecule has 0 aliphatic carbocycles. The number of aliphatic hydroxyl groups is 8. The predicted molar refractivity (Wildman–Crippen MR) is 345 cm³/mol. The second kappa shape index (κ2) is 54.5. The summed E-state index contributed by atoms with van der Waals surface area (Å²) in [4.78, 5) is 13.3. The first kappa shape index (κ1) is 77.5. The Morgan fingerprint density at radius 1 is 0.435 bits per heavy atom. The number of rotatable bonds is 52. The monoisotopic (exact) mass is 1190 g/mol. The van der Waals surface area contributed by atoms with E-state index in [4.69, 9.17) is 18.9 Å². The third-order valence-corrected chi connectivity index (χ3v) is 15.4. The number of ether oxygens (including phenoxy) is 4. The molecule has 14 heteroatoms. The zero-order chi connectivity index (χ0) is 61.6. The minimum atomic E-state index is -1.80. The fourth-order valence-corrected chi connectivity index (χ4v) is 10.1. The summed E-state index contributed by atoms with van der Waals surface area (Å²) in [5.41, 5.74) is 0. The smallest absolute Gasteiger partial charge is 0.220 e. The molecule has 0 aromatic rings. The van der Waals surface area contributed by atoms with Crippen molar-refractivity contribution in [2.75, 3.05) is 19.8 Å². The number of unbranched alkanes of at least 4 members (excludes halogenated alkanes) is 21. The highest BCUT2D eigenvalue weighted by molar-refractivity contribution is 5.76. The minimum absolute atomic E-state index is 0.260. The van der Waals surface area contributed by atoms with Crippen LogP contribution in [0.4, 0.5) is 0 Å². The van der Waals surface area contributed by atoms with Gasteiger partial charge in [-0.15, -0.1) is 0 Å².